The van der Waals surface area contributed by atoms with E-state index in [4.69, 9.17) is 10.5 Å². The van der Waals surface area contributed by atoms with Crippen LogP contribution in [-0.4, -0.2) is 19.7 Å². The molecule has 1 unspecified atom stereocenters. The van der Waals surface area contributed by atoms with Crippen molar-refractivity contribution in [3.8, 4) is 5.75 Å². The minimum absolute atomic E-state index is 0.270. The van der Waals surface area contributed by atoms with E-state index in [1.165, 1.54) is 7.11 Å². The summed E-state index contributed by atoms with van der Waals surface area (Å²) >= 11 is 0. The van der Waals surface area contributed by atoms with Crippen molar-refractivity contribution in [2.45, 2.75) is 13.8 Å². The predicted molar refractivity (Wildman–Crippen MR) is 62.3 cm³/mol. The fourth-order valence-electron chi connectivity index (χ4n) is 1.32. The lowest BCUT2D eigenvalue weighted by molar-refractivity contribution is -0.145. The summed E-state index contributed by atoms with van der Waals surface area (Å²) in [5, 5.41) is 0. The van der Waals surface area contributed by atoms with Gasteiger partial charge < -0.3 is 15.2 Å². The van der Waals surface area contributed by atoms with Crippen LogP contribution in [0.5, 0.6) is 5.75 Å². The molecule has 0 radical (unpaired) electrons. The van der Waals surface area contributed by atoms with Crippen LogP contribution >= 0.6 is 0 Å². The van der Waals surface area contributed by atoms with Gasteiger partial charge in [-0.2, -0.15) is 0 Å². The second kappa shape index (κ2) is 5.39. The van der Waals surface area contributed by atoms with Gasteiger partial charge >= 0.3 is 5.97 Å². The quantitative estimate of drug-likeness (QED) is 0.624. The number of carbonyl (C=O) groups excluding carboxylic acids is 1. The van der Waals surface area contributed by atoms with Crippen LogP contribution in [0.2, 0.25) is 0 Å². The van der Waals surface area contributed by atoms with Gasteiger partial charge in [0.15, 0.2) is 0 Å². The SMILES string of the molecule is COC(=O)C(C)COc1ccc(N)cc1C. The summed E-state index contributed by atoms with van der Waals surface area (Å²) in [6, 6.07) is 5.40. The van der Waals surface area contributed by atoms with Crippen molar-refractivity contribution in [1.82, 2.24) is 0 Å². The molecule has 1 aromatic rings. The molecular formula is C12H17NO3. The first kappa shape index (κ1) is 12.4. The van der Waals surface area contributed by atoms with Crippen LogP contribution in [0.25, 0.3) is 0 Å². The summed E-state index contributed by atoms with van der Waals surface area (Å²) in [4.78, 5) is 11.1. The number of aryl methyl sites for hydroxylation is 1. The maximum Gasteiger partial charge on any atom is 0.311 e. The summed E-state index contributed by atoms with van der Waals surface area (Å²) in [6.45, 7) is 3.98. The zero-order valence-electron chi connectivity index (χ0n) is 9.82. The molecule has 2 N–H and O–H groups in total. The molecule has 1 rings (SSSR count). The Balaban J connectivity index is 2.58. The molecule has 0 spiro atoms. The van der Waals surface area contributed by atoms with E-state index in [1.807, 2.05) is 13.0 Å². The number of nitrogen functional groups attached to an aromatic ring is 1. The third-order valence-corrected chi connectivity index (χ3v) is 2.29. The highest BCUT2D eigenvalue weighted by Gasteiger charge is 2.14. The first-order chi connectivity index (χ1) is 7.54. The van der Waals surface area contributed by atoms with Crippen LogP contribution < -0.4 is 10.5 Å². The number of carbonyl (C=O) groups is 1. The van der Waals surface area contributed by atoms with Crippen molar-refractivity contribution in [3.05, 3.63) is 23.8 Å². The highest BCUT2D eigenvalue weighted by Crippen LogP contribution is 2.20. The fourth-order valence-corrected chi connectivity index (χ4v) is 1.32. The van der Waals surface area contributed by atoms with Crippen LogP contribution in [-0.2, 0) is 9.53 Å². The van der Waals surface area contributed by atoms with E-state index in [2.05, 4.69) is 4.74 Å². The molecule has 0 saturated heterocycles. The highest BCUT2D eigenvalue weighted by atomic mass is 16.5. The van der Waals surface area contributed by atoms with E-state index in [0.717, 1.165) is 11.3 Å². The molecule has 0 aromatic heterocycles. The Morgan fingerprint density at radius 3 is 2.75 bits per heavy atom. The van der Waals surface area contributed by atoms with Crippen molar-refractivity contribution in [1.29, 1.82) is 0 Å². The summed E-state index contributed by atoms with van der Waals surface area (Å²) in [5.74, 6) is 0.194. The molecule has 0 aliphatic carbocycles. The Labute approximate surface area is 95.3 Å². The summed E-state index contributed by atoms with van der Waals surface area (Å²) in [6.07, 6.45) is 0. The van der Waals surface area contributed by atoms with Crippen LogP contribution in [0.3, 0.4) is 0 Å². The Morgan fingerprint density at radius 2 is 2.19 bits per heavy atom. The average molecular weight is 223 g/mol. The number of nitrogens with two attached hydrogens (primary N) is 1. The first-order valence-corrected chi connectivity index (χ1v) is 5.11. The maximum absolute atomic E-state index is 11.1. The minimum atomic E-state index is -0.276. The van der Waals surface area contributed by atoms with Gasteiger partial charge in [-0.3, -0.25) is 4.79 Å². The van der Waals surface area contributed by atoms with Gasteiger partial charge in [0, 0.05) is 5.69 Å². The first-order valence-electron chi connectivity index (χ1n) is 5.11. The topological polar surface area (TPSA) is 61.5 Å². The molecular weight excluding hydrogens is 206 g/mol. The number of hydrogen-bond donors (Lipinski definition) is 1. The van der Waals surface area contributed by atoms with Crippen molar-refractivity contribution in [2.24, 2.45) is 5.92 Å². The monoisotopic (exact) mass is 223 g/mol. The molecule has 16 heavy (non-hydrogen) atoms. The molecule has 0 aliphatic rings. The lowest BCUT2D eigenvalue weighted by Crippen LogP contribution is -2.20. The number of benzene rings is 1. The molecule has 0 fully saturated rings. The number of esters is 1. The van der Waals surface area contributed by atoms with Crippen LogP contribution in [0.15, 0.2) is 18.2 Å². The largest absolute Gasteiger partial charge is 0.492 e. The predicted octanol–water partition coefficient (Wildman–Crippen LogP) is 1.77. The molecule has 4 nitrogen and oxygen atoms in total. The van der Waals surface area contributed by atoms with Crippen LogP contribution in [0.1, 0.15) is 12.5 Å². The molecule has 0 amide bonds. The number of anilines is 1. The number of hydrogen-bond acceptors (Lipinski definition) is 4. The van der Waals surface area contributed by atoms with Gasteiger partial charge in [-0.1, -0.05) is 0 Å². The Morgan fingerprint density at radius 1 is 1.50 bits per heavy atom. The lowest BCUT2D eigenvalue weighted by atomic mass is 10.2. The number of methoxy groups -OCH3 is 1. The van der Waals surface area contributed by atoms with Gasteiger partial charge in [-0.25, -0.2) is 0 Å². The molecule has 0 heterocycles. The van der Waals surface area contributed by atoms with Gasteiger partial charge in [-0.05, 0) is 37.6 Å². The highest BCUT2D eigenvalue weighted by molar-refractivity contribution is 5.71. The van der Waals surface area contributed by atoms with Crippen molar-refractivity contribution in [3.63, 3.8) is 0 Å². The van der Waals surface area contributed by atoms with Gasteiger partial charge in [0.05, 0.1) is 13.0 Å². The minimum Gasteiger partial charge on any atom is -0.492 e. The van der Waals surface area contributed by atoms with Gasteiger partial charge in [0.25, 0.3) is 0 Å². The summed E-state index contributed by atoms with van der Waals surface area (Å²) in [5.41, 5.74) is 7.28. The van der Waals surface area contributed by atoms with E-state index in [0.29, 0.717) is 12.3 Å². The van der Waals surface area contributed by atoms with E-state index in [1.54, 1.807) is 19.1 Å². The van der Waals surface area contributed by atoms with Crippen LogP contribution in [0, 0.1) is 12.8 Å². The third-order valence-electron chi connectivity index (χ3n) is 2.29. The Kier molecular flexibility index (Phi) is 4.17. The second-order valence-corrected chi connectivity index (χ2v) is 3.76. The van der Waals surface area contributed by atoms with Gasteiger partial charge in [0.1, 0.15) is 12.4 Å². The zero-order valence-corrected chi connectivity index (χ0v) is 9.82. The van der Waals surface area contributed by atoms with E-state index < -0.39 is 0 Å². The standard InChI is InChI=1S/C12H17NO3/c1-8-6-10(13)4-5-11(8)16-7-9(2)12(14)15-3/h4-6,9H,7,13H2,1-3H3. The zero-order chi connectivity index (χ0) is 12.1. The Bertz CT molecular complexity index is 377. The number of rotatable bonds is 4. The molecule has 4 heteroatoms. The smallest absolute Gasteiger partial charge is 0.311 e. The third kappa shape index (κ3) is 3.15. The van der Waals surface area contributed by atoms with Crippen molar-refractivity contribution < 1.29 is 14.3 Å². The normalized spacial score (nSPS) is 11.9. The van der Waals surface area contributed by atoms with Crippen molar-refractivity contribution >= 4 is 11.7 Å². The van der Waals surface area contributed by atoms with E-state index in [9.17, 15) is 4.79 Å². The molecule has 88 valence electrons. The molecule has 0 saturated carbocycles. The average Bonchev–Trinajstić information content (AvgIpc) is 2.26. The number of ether oxygens (including phenoxy) is 2. The molecule has 1 atom stereocenters. The molecule has 1 aromatic carbocycles. The van der Waals surface area contributed by atoms with E-state index in [-0.39, 0.29) is 11.9 Å². The molecule has 0 bridgehead atoms. The fraction of sp³-hybridized carbons (Fsp3) is 0.417. The lowest BCUT2D eigenvalue weighted by Gasteiger charge is -2.13. The van der Waals surface area contributed by atoms with E-state index >= 15 is 0 Å². The summed E-state index contributed by atoms with van der Waals surface area (Å²) < 4.78 is 10.1. The van der Waals surface area contributed by atoms with Gasteiger partial charge in [-0.15, -0.1) is 0 Å². The van der Waals surface area contributed by atoms with Crippen molar-refractivity contribution in [2.75, 3.05) is 19.5 Å². The summed E-state index contributed by atoms with van der Waals surface area (Å²) in [7, 11) is 1.37. The second-order valence-electron chi connectivity index (χ2n) is 3.76. The maximum atomic E-state index is 11.1. The molecule has 0 aliphatic heterocycles. The van der Waals surface area contributed by atoms with Gasteiger partial charge in [0.2, 0.25) is 0 Å². The Hall–Kier alpha value is -1.71. The van der Waals surface area contributed by atoms with Crippen LogP contribution in [0.4, 0.5) is 5.69 Å².